The molecule has 0 aromatic heterocycles. The monoisotopic (exact) mass is 287 g/mol. The maximum Gasteiger partial charge on any atom is 0.119 e. The minimum atomic E-state index is 0.320. The van der Waals surface area contributed by atoms with E-state index in [2.05, 4.69) is 17.0 Å². The lowest BCUT2D eigenvalue weighted by molar-refractivity contribution is 0.171. The summed E-state index contributed by atoms with van der Waals surface area (Å²) in [6, 6.07) is 18.1. The second kappa shape index (κ2) is 6.19. The summed E-state index contributed by atoms with van der Waals surface area (Å²) in [6.07, 6.45) is 2.43. The van der Waals surface area contributed by atoms with E-state index in [1.165, 1.54) is 5.69 Å². The van der Waals surface area contributed by atoms with Crippen molar-refractivity contribution in [3.8, 4) is 5.75 Å². The summed E-state index contributed by atoms with van der Waals surface area (Å²) in [5.41, 5.74) is 1.24. The molecular weight excluding hydrogens is 270 g/mol. The van der Waals surface area contributed by atoms with Gasteiger partial charge in [-0.05, 0) is 36.4 Å². The van der Waals surface area contributed by atoms with Gasteiger partial charge in [0, 0.05) is 36.6 Å². The first-order valence-electron chi connectivity index (χ1n) is 7.03. The lowest BCUT2D eigenvalue weighted by atomic mass is 10.1. The number of halogens is 1. The zero-order valence-corrected chi connectivity index (χ0v) is 12.1. The quantitative estimate of drug-likeness (QED) is 0.830. The number of para-hydroxylation sites is 1. The van der Waals surface area contributed by atoms with Gasteiger partial charge in [0.25, 0.3) is 0 Å². The molecule has 0 radical (unpaired) electrons. The molecular formula is C17H18ClNO. The average molecular weight is 288 g/mol. The van der Waals surface area contributed by atoms with Gasteiger partial charge < -0.3 is 9.64 Å². The largest absolute Gasteiger partial charge is 0.490 e. The van der Waals surface area contributed by atoms with E-state index in [-0.39, 0.29) is 0 Å². The predicted molar refractivity (Wildman–Crippen MR) is 83.8 cm³/mol. The zero-order valence-electron chi connectivity index (χ0n) is 11.3. The van der Waals surface area contributed by atoms with Gasteiger partial charge in [0.1, 0.15) is 11.9 Å². The molecule has 0 N–H and O–H groups in total. The Morgan fingerprint density at radius 2 is 1.55 bits per heavy atom. The van der Waals surface area contributed by atoms with Crippen LogP contribution in [0.3, 0.4) is 0 Å². The maximum atomic E-state index is 6.01. The van der Waals surface area contributed by atoms with Gasteiger partial charge in [0.15, 0.2) is 0 Å². The molecule has 0 unspecified atom stereocenters. The Hall–Kier alpha value is -1.67. The molecule has 3 rings (SSSR count). The molecule has 0 atom stereocenters. The summed E-state index contributed by atoms with van der Waals surface area (Å²) in [4.78, 5) is 2.39. The van der Waals surface area contributed by atoms with Gasteiger partial charge in [-0.25, -0.2) is 0 Å². The van der Waals surface area contributed by atoms with Crippen LogP contribution in [-0.2, 0) is 0 Å². The molecule has 0 saturated carbocycles. The first-order chi connectivity index (χ1) is 9.81. The first-order valence-corrected chi connectivity index (χ1v) is 7.41. The molecule has 1 saturated heterocycles. The van der Waals surface area contributed by atoms with Gasteiger partial charge in [-0.2, -0.15) is 0 Å². The van der Waals surface area contributed by atoms with E-state index in [1.807, 2.05) is 42.5 Å². The Kier molecular flexibility index (Phi) is 4.12. The zero-order chi connectivity index (χ0) is 13.8. The topological polar surface area (TPSA) is 12.5 Å². The van der Waals surface area contributed by atoms with E-state index >= 15 is 0 Å². The van der Waals surface area contributed by atoms with Gasteiger partial charge in [-0.3, -0.25) is 0 Å². The number of piperidine rings is 1. The number of ether oxygens (including phenoxy) is 1. The molecule has 0 amide bonds. The number of anilines is 1. The summed E-state index contributed by atoms with van der Waals surface area (Å²) < 4.78 is 6.01. The second-order valence-corrected chi connectivity index (χ2v) is 5.53. The normalized spacial score (nSPS) is 16.1. The lowest BCUT2D eigenvalue weighted by Crippen LogP contribution is -2.38. The molecule has 20 heavy (non-hydrogen) atoms. The fourth-order valence-electron chi connectivity index (χ4n) is 2.58. The molecule has 2 aromatic carbocycles. The van der Waals surface area contributed by atoms with Crippen molar-refractivity contribution in [1.29, 1.82) is 0 Å². The molecule has 1 heterocycles. The summed E-state index contributed by atoms with van der Waals surface area (Å²) in [5, 5.41) is 0.788. The van der Waals surface area contributed by atoms with Crippen LogP contribution in [0.1, 0.15) is 12.8 Å². The predicted octanol–water partition coefficient (Wildman–Crippen LogP) is 4.39. The SMILES string of the molecule is Clc1ccc(N2CCC(Oc3ccccc3)CC2)cc1. The molecule has 3 heteroatoms. The van der Waals surface area contributed by atoms with Crippen LogP contribution >= 0.6 is 11.6 Å². The van der Waals surface area contributed by atoms with Crippen LogP contribution in [0.5, 0.6) is 5.75 Å². The van der Waals surface area contributed by atoms with Crippen molar-refractivity contribution in [3.05, 3.63) is 59.6 Å². The van der Waals surface area contributed by atoms with Crippen molar-refractivity contribution < 1.29 is 4.74 Å². The van der Waals surface area contributed by atoms with Crippen molar-refractivity contribution in [2.45, 2.75) is 18.9 Å². The number of rotatable bonds is 3. The number of nitrogens with zero attached hydrogens (tertiary/aromatic N) is 1. The highest BCUT2D eigenvalue weighted by Crippen LogP contribution is 2.24. The third-order valence-corrected chi connectivity index (χ3v) is 3.93. The fraction of sp³-hybridized carbons (Fsp3) is 0.294. The molecule has 0 aliphatic carbocycles. The average Bonchev–Trinajstić information content (AvgIpc) is 2.50. The highest BCUT2D eigenvalue weighted by molar-refractivity contribution is 6.30. The van der Waals surface area contributed by atoms with Gasteiger partial charge >= 0.3 is 0 Å². The molecule has 1 fully saturated rings. The van der Waals surface area contributed by atoms with Gasteiger partial charge in [-0.1, -0.05) is 29.8 Å². The van der Waals surface area contributed by atoms with Crippen LogP contribution < -0.4 is 9.64 Å². The minimum Gasteiger partial charge on any atom is -0.490 e. The number of hydrogen-bond donors (Lipinski definition) is 0. The van der Waals surface area contributed by atoms with Crippen molar-refractivity contribution in [2.75, 3.05) is 18.0 Å². The van der Waals surface area contributed by atoms with Crippen molar-refractivity contribution >= 4 is 17.3 Å². The summed E-state index contributed by atoms with van der Waals surface area (Å²) in [6.45, 7) is 2.05. The Balaban J connectivity index is 1.55. The van der Waals surface area contributed by atoms with E-state index in [9.17, 15) is 0 Å². The van der Waals surface area contributed by atoms with Gasteiger partial charge in [-0.15, -0.1) is 0 Å². The minimum absolute atomic E-state index is 0.320. The third kappa shape index (κ3) is 3.26. The van der Waals surface area contributed by atoms with Crippen LogP contribution in [0.25, 0.3) is 0 Å². The first kappa shape index (κ1) is 13.3. The van der Waals surface area contributed by atoms with E-state index in [0.29, 0.717) is 6.10 Å². The van der Waals surface area contributed by atoms with E-state index < -0.39 is 0 Å². The molecule has 1 aliphatic heterocycles. The van der Waals surface area contributed by atoms with Crippen LogP contribution in [0.15, 0.2) is 54.6 Å². The van der Waals surface area contributed by atoms with Crippen LogP contribution in [0, 0.1) is 0 Å². The van der Waals surface area contributed by atoms with Crippen LogP contribution in [0.2, 0.25) is 5.02 Å². The smallest absolute Gasteiger partial charge is 0.119 e. The highest BCUT2D eigenvalue weighted by Gasteiger charge is 2.20. The second-order valence-electron chi connectivity index (χ2n) is 5.09. The van der Waals surface area contributed by atoms with Crippen molar-refractivity contribution in [3.63, 3.8) is 0 Å². The molecule has 1 aliphatic rings. The van der Waals surface area contributed by atoms with Crippen LogP contribution in [-0.4, -0.2) is 19.2 Å². The molecule has 2 aromatic rings. The number of hydrogen-bond acceptors (Lipinski definition) is 2. The Morgan fingerprint density at radius 1 is 0.900 bits per heavy atom. The summed E-state index contributed by atoms with van der Waals surface area (Å²) in [7, 11) is 0. The fourth-order valence-corrected chi connectivity index (χ4v) is 2.70. The molecule has 104 valence electrons. The molecule has 0 spiro atoms. The van der Waals surface area contributed by atoms with Gasteiger partial charge in [0.2, 0.25) is 0 Å². The summed E-state index contributed by atoms with van der Waals surface area (Å²) in [5.74, 6) is 0.970. The van der Waals surface area contributed by atoms with Crippen LogP contribution in [0.4, 0.5) is 5.69 Å². The third-order valence-electron chi connectivity index (χ3n) is 3.68. The van der Waals surface area contributed by atoms with Crippen molar-refractivity contribution in [1.82, 2.24) is 0 Å². The van der Waals surface area contributed by atoms with E-state index in [1.54, 1.807) is 0 Å². The number of benzene rings is 2. The Labute approximate surface area is 124 Å². The van der Waals surface area contributed by atoms with E-state index in [4.69, 9.17) is 16.3 Å². The Bertz CT molecular complexity index is 533. The highest BCUT2D eigenvalue weighted by atomic mass is 35.5. The molecule has 2 nitrogen and oxygen atoms in total. The summed E-state index contributed by atoms with van der Waals surface area (Å²) >= 11 is 5.93. The van der Waals surface area contributed by atoms with Crippen molar-refractivity contribution in [2.24, 2.45) is 0 Å². The van der Waals surface area contributed by atoms with E-state index in [0.717, 1.165) is 36.7 Å². The lowest BCUT2D eigenvalue weighted by Gasteiger charge is -2.33. The van der Waals surface area contributed by atoms with Gasteiger partial charge in [0.05, 0.1) is 0 Å². The Morgan fingerprint density at radius 3 is 2.20 bits per heavy atom. The molecule has 0 bridgehead atoms. The maximum absolute atomic E-state index is 6.01. The standard InChI is InChI=1S/C17H18ClNO/c18-14-6-8-15(9-7-14)19-12-10-17(11-13-19)20-16-4-2-1-3-5-16/h1-9,17H,10-13H2.